The largest absolute Gasteiger partial charge is 0.466 e. The van der Waals surface area contributed by atoms with Crippen LogP contribution in [0.4, 0.5) is 0 Å². The fourth-order valence-electron chi connectivity index (χ4n) is 3.68. The van der Waals surface area contributed by atoms with Crippen LogP contribution in [0, 0.1) is 12.8 Å². The molecule has 1 saturated heterocycles. The third-order valence-corrected chi connectivity index (χ3v) is 6.18. The lowest BCUT2D eigenvalue weighted by Gasteiger charge is -2.31. The van der Waals surface area contributed by atoms with Crippen molar-refractivity contribution in [2.75, 3.05) is 19.7 Å². The highest BCUT2D eigenvalue weighted by molar-refractivity contribution is 7.15. The number of benzene rings is 1. The smallest absolute Gasteiger partial charge is 0.310 e. The van der Waals surface area contributed by atoms with Gasteiger partial charge in [0.1, 0.15) is 6.33 Å². The number of esters is 1. The van der Waals surface area contributed by atoms with Gasteiger partial charge in [0.2, 0.25) is 0 Å². The van der Waals surface area contributed by atoms with E-state index >= 15 is 0 Å². The summed E-state index contributed by atoms with van der Waals surface area (Å²) in [5, 5.41) is 11.4. The highest BCUT2D eigenvalue weighted by atomic mass is 32.1. The molecule has 1 amide bonds. The zero-order valence-corrected chi connectivity index (χ0v) is 17.8. The van der Waals surface area contributed by atoms with Crippen LogP contribution in [0.2, 0.25) is 0 Å². The summed E-state index contributed by atoms with van der Waals surface area (Å²) in [6.45, 7) is 5.19. The van der Waals surface area contributed by atoms with Crippen molar-refractivity contribution >= 4 is 23.2 Å². The van der Waals surface area contributed by atoms with Crippen LogP contribution in [-0.2, 0) is 9.53 Å². The predicted octanol–water partition coefficient (Wildman–Crippen LogP) is 3.11. The van der Waals surface area contributed by atoms with E-state index in [2.05, 4.69) is 28.5 Å². The minimum atomic E-state index is -0.273. The number of hydrogen-bond acceptors (Lipinski definition) is 7. The van der Waals surface area contributed by atoms with Crippen LogP contribution in [0.15, 0.2) is 36.7 Å². The normalized spacial score (nSPS) is 16.5. The number of likely N-dealkylation sites (tertiary alicyclic amines) is 1. The molecule has 8 nitrogen and oxygen atoms in total. The van der Waals surface area contributed by atoms with Crippen molar-refractivity contribution in [2.24, 2.45) is 5.92 Å². The lowest BCUT2D eigenvalue weighted by atomic mass is 9.97. The minimum absolute atomic E-state index is 0.103. The molecule has 30 heavy (non-hydrogen) atoms. The van der Waals surface area contributed by atoms with Crippen molar-refractivity contribution in [1.29, 1.82) is 0 Å². The molecule has 0 N–H and O–H groups in total. The number of piperidine rings is 1. The monoisotopic (exact) mass is 425 g/mol. The molecular formula is C21H23N5O3S. The molecule has 0 aliphatic carbocycles. The van der Waals surface area contributed by atoms with Crippen molar-refractivity contribution in [1.82, 2.24) is 25.1 Å². The van der Waals surface area contributed by atoms with Gasteiger partial charge in [0.25, 0.3) is 5.91 Å². The standard InChI is InChI=1S/C21H23N5O3S/c1-3-29-21(28)15-5-4-8-25(12-15)20(27)17-9-16(19-7-6-14(2)30-19)10-18(11-17)26-13-22-23-24-26/h6-7,9-11,13,15H,3-5,8,12H2,1-2H3/t15-/m0/s1. The lowest BCUT2D eigenvalue weighted by molar-refractivity contribution is -0.149. The number of ether oxygens (including phenoxy) is 1. The highest BCUT2D eigenvalue weighted by Crippen LogP contribution is 2.31. The molecule has 9 heteroatoms. The van der Waals surface area contributed by atoms with Gasteiger partial charge in [0.05, 0.1) is 18.2 Å². The summed E-state index contributed by atoms with van der Waals surface area (Å²) in [7, 11) is 0. The predicted molar refractivity (Wildman–Crippen MR) is 112 cm³/mol. The van der Waals surface area contributed by atoms with Gasteiger partial charge in [-0.05, 0) is 73.0 Å². The summed E-state index contributed by atoms with van der Waals surface area (Å²) < 4.78 is 6.70. The first-order chi connectivity index (χ1) is 14.5. The Morgan fingerprint density at radius 2 is 2.13 bits per heavy atom. The molecule has 3 heterocycles. The van der Waals surface area contributed by atoms with Gasteiger partial charge in [0.15, 0.2) is 0 Å². The molecule has 1 fully saturated rings. The Morgan fingerprint density at radius 1 is 1.27 bits per heavy atom. The molecule has 0 bridgehead atoms. The summed E-state index contributed by atoms with van der Waals surface area (Å²) in [5.41, 5.74) is 2.20. The molecule has 0 spiro atoms. The Morgan fingerprint density at radius 3 is 2.83 bits per heavy atom. The van der Waals surface area contributed by atoms with Crippen LogP contribution >= 0.6 is 11.3 Å². The number of rotatable bonds is 5. The SMILES string of the molecule is CCOC(=O)[C@H]1CCCN(C(=O)c2cc(-c3ccc(C)s3)cc(-n3cnnn3)c2)C1. The second-order valence-corrected chi connectivity index (χ2v) is 8.56. The fourth-order valence-corrected chi connectivity index (χ4v) is 4.53. The second-order valence-electron chi connectivity index (χ2n) is 7.28. The van der Waals surface area contributed by atoms with E-state index in [0.29, 0.717) is 30.9 Å². The molecule has 1 aromatic carbocycles. The van der Waals surface area contributed by atoms with Crippen molar-refractivity contribution < 1.29 is 14.3 Å². The number of tetrazole rings is 1. The first-order valence-electron chi connectivity index (χ1n) is 9.96. The molecule has 0 unspecified atom stereocenters. The molecule has 1 aliphatic heterocycles. The van der Waals surface area contributed by atoms with Crippen LogP contribution in [0.1, 0.15) is 35.0 Å². The first-order valence-corrected chi connectivity index (χ1v) is 10.8. The molecule has 4 rings (SSSR count). The van der Waals surface area contributed by atoms with Gasteiger partial charge < -0.3 is 9.64 Å². The number of aromatic nitrogens is 4. The number of carbonyl (C=O) groups excluding carboxylic acids is 2. The second kappa shape index (κ2) is 8.74. The molecule has 0 saturated carbocycles. The van der Waals surface area contributed by atoms with Gasteiger partial charge in [-0.25, -0.2) is 4.68 Å². The van der Waals surface area contributed by atoms with Crippen molar-refractivity contribution in [3.8, 4) is 16.1 Å². The molecular weight excluding hydrogens is 402 g/mol. The van der Waals surface area contributed by atoms with E-state index in [4.69, 9.17) is 4.74 Å². The maximum absolute atomic E-state index is 13.4. The van der Waals surface area contributed by atoms with Crippen LogP contribution in [0.25, 0.3) is 16.1 Å². The van der Waals surface area contributed by atoms with Gasteiger partial charge in [-0.1, -0.05) is 0 Å². The molecule has 3 aromatic rings. The summed E-state index contributed by atoms with van der Waals surface area (Å²) in [6, 6.07) is 9.76. The van der Waals surface area contributed by atoms with E-state index in [1.807, 2.05) is 18.2 Å². The third-order valence-electron chi connectivity index (χ3n) is 5.13. The van der Waals surface area contributed by atoms with Gasteiger partial charge in [-0.2, -0.15) is 0 Å². The first kappa shape index (κ1) is 20.2. The number of amides is 1. The van der Waals surface area contributed by atoms with Gasteiger partial charge in [0, 0.05) is 28.4 Å². The lowest BCUT2D eigenvalue weighted by Crippen LogP contribution is -2.42. The van der Waals surface area contributed by atoms with E-state index in [-0.39, 0.29) is 17.8 Å². The molecule has 2 aromatic heterocycles. The number of nitrogens with zero attached hydrogens (tertiary/aromatic N) is 5. The topological polar surface area (TPSA) is 90.2 Å². The van der Waals surface area contributed by atoms with Gasteiger partial charge >= 0.3 is 5.97 Å². The molecule has 0 radical (unpaired) electrons. The average Bonchev–Trinajstić information content (AvgIpc) is 3.45. The van der Waals surface area contributed by atoms with Gasteiger partial charge in [-0.3, -0.25) is 9.59 Å². The maximum atomic E-state index is 13.4. The minimum Gasteiger partial charge on any atom is -0.466 e. The van der Waals surface area contributed by atoms with E-state index in [9.17, 15) is 9.59 Å². The Balaban J connectivity index is 1.66. The van der Waals surface area contributed by atoms with Crippen molar-refractivity contribution in [2.45, 2.75) is 26.7 Å². The summed E-state index contributed by atoms with van der Waals surface area (Å²) in [6.07, 6.45) is 3.02. The Bertz CT molecular complexity index is 1050. The van der Waals surface area contributed by atoms with Gasteiger partial charge in [-0.15, -0.1) is 16.4 Å². The Hall–Kier alpha value is -3.07. The Kier molecular flexibility index (Phi) is 5.89. The number of carbonyl (C=O) groups is 2. The van der Waals surface area contributed by atoms with E-state index in [1.165, 1.54) is 11.2 Å². The van der Waals surface area contributed by atoms with Crippen LogP contribution < -0.4 is 0 Å². The Labute approximate surface area is 178 Å². The highest BCUT2D eigenvalue weighted by Gasteiger charge is 2.30. The third kappa shape index (κ3) is 4.25. The summed E-state index contributed by atoms with van der Waals surface area (Å²) in [5.74, 6) is -0.606. The average molecular weight is 426 g/mol. The number of thiophene rings is 1. The summed E-state index contributed by atoms with van der Waals surface area (Å²) in [4.78, 5) is 29.5. The maximum Gasteiger partial charge on any atom is 0.310 e. The quantitative estimate of drug-likeness (QED) is 0.584. The van der Waals surface area contributed by atoms with E-state index < -0.39 is 0 Å². The zero-order valence-electron chi connectivity index (χ0n) is 16.9. The molecule has 156 valence electrons. The van der Waals surface area contributed by atoms with Crippen molar-refractivity contribution in [3.63, 3.8) is 0 Å². The van der Waals surface area contributed by atoms with Crippen LogP contribution in [-0.4, -0.2) is 56.7 Å². The van der Waals surface area contributed by atoms with Crippen LogP contribution in [0.3, 0.4) is 0 Å². The molecule has 1 atom stereocenters. The number of aryl methyl sites for hydroxylation is 1. The molecule has 1 aliphatic rings. The van der Waals surface area contributed by atoms with E-state index in [1.54, 1.807) is 33.9 Å². The fraction of sp³-hybridized carbons (Fsp3) is 0.381. The van der Waals surface area contributed by atoms with Crippen LogP contribution in [0.5, 0.6) is 0 Å². The van der Waals surface area contributed by atoms with E-state index in [0.717, 1.165) is 23.3 Å². The zero-order chi connectivity index (χ0) is 21.1. The summed E-state index contributed by atoms with van der Waals surface area (Å²) >= 11 is 1.67. The van der Waals surface area contributed by atoms with Crippen molar-refractivity contribution in [3.05, 3.63) is 47.1 Å². The number of hydrogen-bond donors (Lipinski definition) is 0.